The number of hydrogen-bond donors (Lipinski definition) is 1. The molecule has 0 spiro atoms. The summed E-state index contributed by atoms with van der Waals surface area (Å²) in [5.41, 5.74) is 1.15. The van der Waals surface area contributed by atoms with Gasteiger partial charge >= 0.3 is 0 Å². The maximum absolute atomic E-state index is 6.15. The normalized spacial score (nSPS) is 13.1. The lowest BCUT2D eigenvalue weighted by Gasteiger charge is -2.16. The fraction of sp³-hybridized carbons (Fsp3) is 0.538. The van der Waals surface area contributed by atoms with E-state index in [1.54, 1.807) is 0 Å². The molecule has 0 bridgehead atoms. The van der Waals surface area contributed by atoms with Gasteiger partial charge in [0.05, 0.1) is 0 Å². The summed E-state index contributed by atoms with van der Waals surface area (Å²) in [5.74, 6) is 0.725. The number of benzene rings is 1. The molecule has 3 heteroatoms. The fourth-order valence-corrected chi connectivity index (χ4v) is 2.48. The Balaban J connectivity index is 2.48. The lowest BCUT2D eigenvalue weighted by atomic mass is 10.1. The second-order valence-electron chi connectivity index (χ2n) is 4.65. The minimum absolute atomic E-state index is 0.528. The predicted molar refractivity (Wildman–Crippen MR) is 74.9 cm³/mol. The van der Waals surface area contributed by atoms with E-state index in [2.05, 4.69) is 48.1 Å². The lowest BCUT2D eigenvalue weighted by Crippen LogP contribution is -2.26. The average Bonchev–Trinajstić information content (AvgIpc) is 2.15. The summed E-state index contributed by atoms with van der Waals surface area (Å²) in [5, 5.41) is 4.31. The highest BCUT2D eigenvalue weighted by Gasteiger charge is 2.06. The van der Waals surface area contributed by atoms with E-state index in [1.807, 2.05) is 12.1 Å². The van der Waals surface area contributed by atoms with E-state index in [4.69, 9.17) is 11.6 Å². The summed E-state index contributed by atoms with van der Waals surface area (Å²) in [7, 11) is 0. The Morgan fingerprint density at radius 3 is 2.56 bits per heavy atom. The van der Waals surface area contributed by atoms with Crippen LogP contribution in [0.25, 0.3) is 0 Å². The van der Waals surface area contributed by atoms with E-state index in [-0.39, 0.29) is 0 Å². The highest BCUT2D eigenvalue weighted by Crippen LogP contribution is 2.21. The molecule has 0 heterocycles. The van der Waals surface area contributed by atoms with Crippen molar-refractivity contribution in [2.24, 2.45) is 5.92 Å². The lowest BCUT2D eigenvalue weighted by molar-refractivity contribution is 0.441. The van der Waals surface area contributed by atoms with Crippen molar-refractivity contribution in [3.05, 3.63) is 33.3 Å². The van der Waals surface area contributed by atoms with E-state index < -0.39 is 0 Å². The van der Waals surface area contributed by atoms with Gasteiger partial charge in [0.2, 0.25) is 0 Å². The zero-order chi connectivity index (χ0) is 12.1. The van der Waals surface area contributed by atoms with Crippen molar-refractivity contribution in [3.8, 4) is 0 Å². The fourth-order valence-electron chi connectivity index (χ4n) is 1.74. The third-order valence-corrected chi connectivity index (χ3v) is 3.33. The monoisotopic (exact) mass is 303 g/mol. The van der Waals surface area contributed by atoms with E-state index in [9.17, 15) is 0 Å². The Hall–Kier alpha value is -0.0500. The van der Waals surface area contributed by atoms with Crippen molar-refractivity contribution in [1.29, 1.82) is 0 Å². The largest absolute Gasteiger partial charge is 0.310 e. The molecule has 0 aliphatic rings. The van der Waals surface area contributed by atoms with Gasteiger partial charge in [-0.05, 0) is 37.0 Å². The second kappa shape index (κ2) is 6.63. The zero-order valence-corrected chi connectivity index (χ0v) is 12.4. The maximum atomic E-state index is 6.15. The van der Waals surface area contributed by atoms with E-state index in [0.29, 0.717) is 6.04 Å². The molecule has 0 aliphatic carbocycles. The smallest absolute Gasteiger partial charge is 0.0462 e. The molecule has 1 nitrogen and oxygen atoms in total. The van der Waals surface area contributed by atoms with Crippen molar-refractivity contribution >= 4 is 27.5 Å². The van der Waals surface area contributed by atoms with Gasteiger partial charge in [-0.3, -0.25) is 0 Å². The Morgan fingerprint density at radius 1 is 1.31 bits per heavy atom. The molecule has 1 rings (SSSR count). The molecule has 0 saturated heterocycles. The van der Waals surface area contributed by atoms with Crippen LogP contribution in [0, 0.1) is 5.92 Å². The molecule has 0 saturated carbocycles. The molecular weight excluding hydrogens is 286 g/mol. The number of nitrogens with one attached hydrogen (secondary N) is 1. The van der Waals surface area contributed by atoms with E-state index >= 15 is 0 Å². The van der Waals surface area contributed by atoms with Crippen LogP contribution in [0.1, 0.15) is 32.8 Å². The minimum atomic E-state index is 0.528. The highest BCUT2D eigenvalue weighted by molar-refractivity contribution is 9.10. The van der Waals surface area contributed by atoms with E-state index in [1.165, 1.54) is 6.42 Å². The van der Waals surface area contributed by atoms with Gasteiger partial charge in [-0.15, -0.1) is 0 Å². The topological polar surface area (TPSA) is 12.0 Å². The Bertz CT molecular complexity index is 339. The summed E-state index contributed by atoms with van der Waals surface area (Å²) in [6.07, 6.45) is 1.19. The molecule has 1 N–H and O–H groups in total. The minimum Gasteiger partial charge on any atom is -0.310 e. The molecule has 1 aromatic carbocycles. The van der Waals surface area contributed by atoms with Gasteiger partial charge in [-0.2, -0.15) is 0 Å². The number of rotatable bonds is 5. The summed E-state index contributed by atoms with van der Waals surface area (Å²) in [6.45, 7) is 7.53. The van der Waals surface area contributed by atoms with Crippen molar-refractivity contribution in [2.45, 2.75) is 39.8 Å². The van der Waals surface area contributed by atoms with Crippen LogP contribution in [-0.4, -0.2) is 6.04 Å². The maximum Gasteiger partial charge on any atom is 0.0462 e. The van der Waals surface area contributed by atoms with E-state index in [0.717, 1.165) is 27.5 Å². The quantitative estimate of drug-likeness (QED) is 0.836. The zero-order valence-electron chi connectivity index (χ0n) is 10.1. The number of hydrogen-bond acceptors (Lipinski definition) is 1. The van der Waals surface area contributed by atoms with Gasteiger partial charge in [0.1, 0.15) is 0 Å². The van der Waals surface area contributed by atoms with Crippen LogP contribution in [-0.2, 0) is 6.54 Å². The average molecular weight is 305 g/mol. The van der Waals surface area contributed by atoms with Crippen LogP contribution in [0.4, 0.5) is 0 Å². The molecule has 1 unspecified atom stereocenters. The van der Waals surface area contributed by atoms with Crippen LogP contribution in [0.5, 0.6) is 0 Å². The molecule has 0 radical (unpaired) electrons. The molecule has 0 amide bonds. The van der Waals surface area contributed by atoms with Crippen LogP contribution < -0.4 is 5.32 Å². The molecule has 1 aromatic rings. The summed E-state index contributed by atoms with van der Waals surface area (Å²) in [4.78, 5) is 0. The SMILES string of the molecule is CC(C)CC(C)NCc1ccc(Br)cc1Cl. The van der Waals surface area contributed by atoms with Crippen molar-refractivity contribution in [3.63, 3.8) is 0 Å². The Kier molecular flexibility index (Phi) is 5.81. The first-order valence-electron chi connectivity index (χ1n) is 5.66. The highest BCUT2D eigenvalue weighted by atomic mass is 79.9. The standard InChI is InChI=1S/C13H19BrClN/c1-9(2)6-10(3)16-8-11-4-5-12(14)7-13(11)15/h4-5,7,9-10,16H,6,8H2,1-3H3. The molecule has 0 fully saturated rings. The first-order chi connectivity index (χ1) is 7.49. The molecule has 0 aromatic heterocycles. The number of halogens is 2. The Morgan fingerprint density at radius 2 is 2.00 bits per heavy atom. The van der Waals surface area contributed by atoms with Crippen LogP contribution in [0.15, 0.2) is 22.7 Å². The first kappa shape index (κ1) is 14.0. The van der Waals surface area contributed by atoms with Gasteiger partial charge in [0, 0.05) is 22.1 Å². The van der Waals surface area contributed by atoms with Crippen molar-refractivity contribution in [1.82, 2.24) is 5.32 Å². The van der Waals surface area contributed by atoms with Crippen LogP contribution in [0.3, 0.4) is 0 Å². The van der Waals surface area contributed by atoms with Gasteiger partial charge in [-0.1, -0.05) is 47.4 Å². The molecular formula is C13H19BrClN. The summed E-state index contributed by atoms with van der Waals surface area (Å²) >= 11 is 9.55. The molecule has 0 aliphatic heterocycles. The third kappa shape index (κ3) is 4.86. The second-order valence-corrected chi connectivity index (χ2v) is 5.97. The Labute approximate surface area is 112 Å². The summed E-state index contributed by atoms with van der Waals surface area (Å²) < 4.78 is 1.02. The molecule has 16 heavy (non-hydrogen) atoms. The molecule has 1 atom stereocenters. The van der Waals surface area contributed by atoms with Crippen molar-refractivity contribution < 1.29 is 0 Å². The van der Waals surface area contributed by atoms with Crippen molar-refractivity contribution in [2.75, 3.05) is 0 Å². The third-order valence-electron chi connectivity index (χ3n) is 2.48. The summed E-state index contributed by atoms with van der Waals surface area (Å²) in [6, 6.07) is 6.54. The van der Waals surface area contributed by atoms with Gasteiger partial charge < -0.3 is 5.32 Å². The molecule has 90 valence electrons. The predicted octanol–water partition coefficient (Wildman–Crippen LogP) is 4.63. The van der Waals surface area contributed by atoms with Gasteiger partial charge in [0.25, 0.3) is 0 Å². The van der Waals surface area contributed by atoms with Crippen LogP contribution >= 0.6 is 27.5 Å². The first-order valence-corrected chi connectivity index (χ1v) is 6.83. The van der Waals surface area contributed by atoms with Crippen LogP contribution in [0.2, 0.25) is 5.02 Å². The van der Waals surface area contributed by atoms with Gasteiger partial charge in [-0.25, -0.2) is 0 Å². The van der Waals surface area contributed by atoms with Gasteiger partial charge in [0.15, 0.2) is 0 Å².